The van der Waals surface area contributed by atoms with Gasteiger partial charge in [0.2, 0.25) is 0 Å². The van der Waals surface area contributed by atoms with Crippen LogP contribution in [0.15, 0.2) is 0 Å². The minimum absolute atomic E-state index is 0.352. The van der Waals surface area contributed by atoms with E-state index >= 15 is 0 Å². The van der Waals surface area contributed by atoms with Crippen LogP contribution in [-0.4, -0.2) is 55.3 Å². The predicted octanol–water partition coefficient (Wildman–Crippen LogP) is 0.107. The normalized spacial score (nSPS) is 16.5. The topological polar surface area (TPSA) is 52.9 Å². The molecule has 0 saturated carbocycles. The van der Waals surface area contributed by atoms with Crippen molar-refractivity contribution in [3.05, 3.63) is 0 Å². The average molecular weight is 183 g/mol. The van der Waals surface area contributed by atoms with Crippen LogP contribution >= 0.6 is 7.28 Å². The van der Waals surface area contributed by atoms with Crippen molar-refractivity contribution in [2.45, 2.75) is 0 Å². The summed E-state index contributed by atoms with van der Waals surface area (Å²) < 4.78 is 4.93. The van der Waals surface area contributed by atoms with E-state index in [4.69, 9.17) is 4.52 Å². The van der Waals surface area contributed by atoms with E-state index in [-0.39, 0.29) is 0 Å². The van der Waals surface area contributed by atoms with Gasteiger partial charge >= 0.3 is 67.1 Å². The van der Waals surface area contributed by atoms with E-state index in [0.29, 0.717) is 13.2 Å². The van der Waals surface area contributed by atoms with Gasteiger partial charge < -0.3 is 0 Å². The molecule has 4 nitrogen and oxygen atoms in total. The molecule has 0 aromatic carbocycles. The number of likely N-dealkylation sites (N-methyl/N-ethyl adjacent to an activating group) is 1. The van der Waals surface area contributed by atoms with Gasteiger partial charge in [-0.3, -0.25) is 0 Å². The molecule has 0 unspecified atom stereocenters. The second-order valence-corrected chi connectivity index (χ2v) is 7.49. The summed E-state index contributed by atoms with van der Waals surface area (Å²) in [6, 6.07) is 0. The standard InChI is InChI=1S/C6H18NO3P/c1-7(2)5-6-10-11(3,4,8)9/h8-9H,5-6H2,1-4H3. The summed E-state index contributed by atoms with van der Waals surface area (Å²) >= 11 is 0. The Hall–Kier alpha value is 0.270. The van der Waals surface area contributed by atoms with Gasteiger partial charge in [0.25, 0.3) is 0 Å². The molecule has 5 heteroatoms. The van der Waals surface area contributed by atoms with Crippen LogP contribution < -0.4 is 0 Å². The van der Waals surface area contributed by atoms with Gasteiger partial charge in [-0.2, -0.15) is 0 Å². The van der Waals surface area contributed by atoms with E-state index in [1.54, 1.807) is 0 Å². The number of nitrogens with zero attached hydrogens (tertiary/aromatic N) is 1. The number of rotatable bonds is 4. The van der Waals surface area contributed by atoms with Crippen LogP contribution in [0.5, 0.6) is 0 Å². The van der Waals surface area contributed by atoms with Gasteiger partial charge in [0.1, 0.15) is 0 Å². The van der Waals surface area contributed by atoms with Crippen LogP contribution in [0.1, 0.15) is 0 Å². The first-order chi connectivity index (χ1) is 4.67. The van der Waals surface area contributed by atoms with Crippen molar-refractivity contribution in [2.75, 3.05) is 40.6 Å². The summed E-state index contributed by atoms with van der Waals surface area (Å²) in [5.74, 6) is 0. The van der Waals surface area contributed by atoms with Gasteiger partial charge in [-0.05, 0) is 0 Å². The maximum absolute atomic E-state index is 9.24. The molecular formula is C6H18NO3P. The van der Waals surface area contributed by atoms with Crippen molar-refractivity contribution in [3.8, 4) is 0 Å². The summed E-state index contributed by atoms with van der Waals surface area (Å²) in [4.78, 5) is 20.4. The van der Waals surface area contributed by atoms with Gasteiger partial charge in [-0.25, -0.2) is 0 Å². The Kier molecular flexibility index (Phi) is 3.42. The van der Waals surface area contributed by atoms with Crippen molar-refractivity contribution in [1.82, 2.24) is 4.90 Å². The molecular weight excluding hydrogens is 165 g/mol. The van der Waals surface area contributed by atoms with Crippen LogP contribution in [0.3, 0.4) is 0 Å². The molecule has 0 aromatic heterocycles. The molecule has 0 amide bonds. The molecule has 0 radical (unpaired) electrons. The maximum atomic E-state index is 9.24. The molecule has 11 heavy (non-hydrogen) atoms. The van der Waals surface area contributed by atoms with Crippen molar-refractivity contribution in [1.29, 1.82) is 0 Å². The SMILES string of the molecule is CN(C)CCOP(C)(C)(O)O. The molecule has 0 saturated heterocycles. The predicted molar refractivity (Wildman–Crippen MR) is 47.7 cm³/mol. The van der Waals surface area contributed by atoms with Gasteiger partial charge in [0.15, 0.2) is 0 Å². The van der Waals surface area contributed by atoms with Crippen LogP contribution in [-0.2, 0) is 4.52 Å². The van der Waals surface area contributed by atoms with E-state index in [0.717, 1.165) is 0 Å². The third-order valence-electron chi connectivity index (χ3n) is 1.00. The Morgan fingerprint density at radius 2 is 1.73 bits per heavy atom. The van der Waals surface area contributed by atoms with Crippen molar-refractivity contribution < 1.29 is 14.3 Å². The first kappa shape index (κ1) is 11.3. The Bertz CT molecular complexity index is 120. The fraction of sp³-hybridized carbons (Fsp3) is 1.00. The Morgan fingerprint density at radius 1 is 1.27 bits per heavy atom. The van der Waals surface area contributed by atoms with Crippen molar-refractivity contribution in [3.63, 3.8) is 0 Å². The summed E-state index contributed by atoms with van der Waals surface area (Å²) in [6.07, 6.45) is 0. The third kappa shape index (κ3) is 10.3. The fourth-order valence-electron chi connectivity index (χ4n) is 0.488. The quantitative estimate of drug-likeness (QED) is 0.607. The number of hydrogen-bond acceptors (Lipinski definition) is 4. The molecule has 0 atom stereocenters. The Labute approximate surface area is 68.0 Å². The molecule has 0 aliphatic carbocycles. The Morgan fingerprint density at radius 3 is 2.00 bits per heavy atom. The van der Waals surface area contributed by atoms with Crippen LogP contribution in [0.4, 0.5) is 0 Å². The van der Waals surface area contributed by atoms with Gasteiger partial charge in [-0.15, -0.1) is 0 Å². The van der Waals surface area contributed by atoms with Crippen LogP contribution in [0.2, 0.25) is 0 Å². The van der Waals surface area contributed by atoms with E-state index in [2.05, 4.69) is 0 Å². The summed E-state index contributed by atoms with van der Waals surface area (Å²) in [5.41, 5.74) is 0. The summed E-state index contributed by atoms with van der Waals surface area (Å²) in [7, 11) is 0.0993. The third-order valence-corrected chi connectivity index (χ3v) is 1.93. The molecule has 0 fully saturated rings. The van der Waals surface area contributed by atoms with E-state index in [9.17, 15) is 9.79 Å². The van der Waals surface area contributed by atoms with E-state index in [1.165, 1.54) is 13.3 Å². The summed E-state index contributed by atoms with van der Waals surface area (Å²) in [5, 5.41) is 0. The fourth-order valence-corrected chi connectivity index (χ4v) is 1.10. The summed E-state index contributed by atoms with van der Waals surface area (Å²) in [6.45, 7) is 3.72. The van der Waals surface area contributed by atoms with Gasteiger partial charge in [0.05, 0.1) is 0 Å². The second kappa shape index (κ2) is 3.33. The first-order valence-electron chi connectivity index (χ1n) is 3.48. The monoisotopic (exact) mass is 183 g/mol. The molecule has 0 bridgehead atoms. The molecule has 2 N–H and O–H groups in total. The van der Waals surface area contributed by atoms with E-state index < -0.39 is 7.28 Å². The van der Waals surface area contributed by atoms with Crippen molar-refractivity contribution in [2.24, 2.45) is 0 Å². The molecule has 0 aliphatic heterocycles. The first-order valence-corrected chi connectivity index (χ1v) is 6.43. The zero-order valence-electron chi connectivity index (χ0n) is 7.61. The molecule has 0 heterocycles. The minimum atomic E-state index is -3.70. The van der Waals surface area contributed by atoms with Crippen LogP contribution in [0, 0.1) is 0 Å². The van der Waals surface area contributed by atoms with Crippen LogP contribution in [0.25, 0.3) is 0 Å². The van der Waals surface area contributed by atoms with Crippen molar-refractivity contribution >= 4 is 7.28 Å². The van der Waals surface area contributed by atoms with Gasteiger partial charge in [0, 0.05) is 0 Å². The second-order valence-electron chi connectivity index (χ2n) is 3.50. The van der Waals surface area contributed by atoms with Gasteiger partial charge in [-0.1, -0.05) is 0 Å². The number of hydrogen-bond donors (Lipinski definition) is 2. The average Bonchev–Trinajstić information content (AvgIpc) is 1.56. The Balaban J connectivity index is 3.56. The molecule has 70 valence electrons. The molecule has 0 spiro atoms. The zero-order valence-corrected chi connectivity index (χ0v) is 8.51. The zero-order chi connectivity index (χ0) is 9.15. The molecule has 0 rings (SSSR count). The molecule has 0 aliphatic rings. The molecule has 0 aromatic rings. The van der Waals surface area contributed by atoms with E-state index in [1.807, 2.05) is 19.0 Å².